The van der Waals surface area contributed by atoms with E-state index in [0.29, 0.717) is 41.3 Å². The smallest absolute Gasteiger partial charge is 0.227 e. The lowest BCUT2D eigenvalue weighted by molar-refractivity contribution is 0.664. The second kappa shape index (κ2) is 7.86. The molecule has 0 bridgehead atoms. The minimum absolute atomic E-state index is 0.419. The van der Waals surface area contributed by atoms with Crippen molar-refractivity contribution in [2.24, 2.45) is 0 Å². The maximum absolute atomic E-state index is 11.9. The number of hydrogen-bond donors (Lipinski definition) is 3. The molecule has 5 rings (SSSR count). The summed E-state index contributed by atoms with van der Waals surface area (Å²) in [7, 11) is -2.40. The zero-order chi connectivity index (χ0) is 21.4. The third kappa shape index (κ3) is 4.08. The van der Waals surface area contributed by atoms with Crippen molar-refractivity contribution in [3.63, 3.8) is 0 Å². The van der Waals surface area contributed by atoms with Crippen LogP contribution in [0.25, 0.3) is 22.2 Å². The molecule has 1 saturated heterocycles. The molecule has 7 nitrogen and oxygen atoms in total. The van der Waals surface area contributed by atoms with Gasteiger partial charge >= 0.3 is 0 Å². The zero-order valence-corrected chi connectivity index (χ0v) is 18.2. The molecule has 4 aromatic rings. The van der Waals surface area contributed by atoms with Crippen LogP contribution in [0, 0.1) is 4.78 Å². The van der Waals surface area contributed by atoms with E-state index in [0.717, 1.165) is 27.8 Å². The van der Waals surface area contributed by atoms with Crippen LogP contribution in [0.5, 0.6) is 0 Å². The van der Waals surface area contributed by atoms with Crippen molar-refractivity contribution in [2.45, 2.75) is 0 Å². The first kappa shape index (κ1) is 19.8. The van der Waals surface area contributed by atoms with Crippen molar-refractivity contribution in [1.82, 2.24) is 15.0 Å². The molecule has 0 saturated carbocycles. The van der Waals surface area contributed by atoms with Gasteiger partial charge in [-0.3, -0.25) is 4.78 Å². The van der Waals surface area contributed by atoms with Crippen molar-refractivity contribution in [2.75, 3.05) is 34.8 Å². The van der Waals surface area contributed by atoms with Crippen LogP contribution in [0.1, 0.15) is 0 Å². The number of aromatic amines is 1. The van der Waals surface area contributed by atoms with Crippen molar-refractivity contribution in [3.05, 3.63) is 65.9 Å². The molecule has 0 atom stereocenters. The summed E-state index contributed by atoms with van der Waals surface area (Å²) in [5, 5.41) is 4.78. The van der Waals surface area contributed by atoms with Gasteiger partial charge in [-0.1, -0.05) is 29.8 Å². The van der Waals surface area contributed by atoms with Gasteiger partial charge in [-0.15, -0.1) is 0 Å². The topological polar surface area (TPSA) is 97.8 Å². The molecule has 9 heteroatoms. The lowest BCUT2D eigenvalue weighted by atomic mass is 10.1. The Bertz CT molecular complexity index is 1340. The monoisotopic (exact) mass is 452 g/mol. The number of aromatic nitrogens is 3. The standard InChI is InChI=1S/C22H21ClN6OS/c23-19-14-26-22(28-21(19)18-13-25-20-4-2-1-3-17(18)20)27-15-5-7-16(8-6-15)29-9-11-31(24,30)12-10-29/h1-8,13-14,24-25H,9-12H2,(H,26,27,28). The largest absolute Gasteiger partial charge is 0.370 e. The van der Waals surface area contributed by atoms with Crippen LogP contribution in [0.4, 0.5) is 17.3 Å². The van der Waals surface area contributed by atoms with Crippen LogP contribution in [-0.4, -0.2) is 43.8 Å². The van der Waals surface area contributed by atoms with E-state index in [-0.39, 0.29) is 0 Å². The fourth-order valence-electron chi connectivity index (χ4n) is 3.76. The van der Waals surface area contributed by atoms with Crippen LogP contribution in [0.15, 0.2) is 60.9 Å². The van der Waals surface area contributed by atoms with E-state index in [1.807, 2.05) is 54.7 Å². The fourth-order valence-corrected chi connectivity index (χ4v) is 5.18. The average Bonchev–Trinajstić information content (AvgIpc) is 3.20. The Morgan fingerprint density at radius 3 is 2.61 bits per heavy atom. The summed E-state index contributed by atoms with van der Waals surface area (Å²) in [6.07, 6.45) is 3.51. The van der Waals surface area contributed by atoms with E-state index < -0.39 is 9.73 Å². The molecular weight excluding hydrogens is 432 g/mol. The summed E-state index contributed by atoms with van der Waals surface area (Å²) in [6, 6.07) is 16.0. The lowest BCUT2D eigenvalue weighted by Gasteiger charge is -2.30. The van der Waals surface area contributed by atoms with E-state index in [2.05, 4.69) is 25.2 Å². The second-order valence-corrected chi connectivity index (χ2v) is 10.4. The highest BCUT2D eigenvalue weighted by Gasteiger charge is 2.19. The molecule has 31 heavy (non-hydrogen) atoms. The van der Waals surface area contributed by atoms with Gasteiger partial charge in [0.25, 0.3) is 0 Å². The Balaban J connectivity index is 1.37. The molecule has 0 aliphatic carbocycles. The molecule has 2 aromatic heterocycles. The van der Waals surface area contributed by atoms with Crippen molar-refractivity contribution in [3.8, 4) is 11.3 Å². The number of nitrogens with zero attached hydrogens (tertiary/aromatic N) is 3. The van der Waals surface area contributed by atoms with E-state index in [1.165, 1.54) is 0 Å². The maximum atomic E-state index is 11.9. The third-order valence-electron chi connectivity index (χ3n) is 5.46. The summed E-state index contributed by atoms with van der Waals surface area (Å²) >= 11 is 6.41. The zero-order valence-electron chi connectivity index (χ0n) is 16.6. The van der Waals surface area contributed by atoms with Crippen LogP contribution >= 0.6 is 11.6 Å². The SMILES string of the molecule is N=S1(=O)CCN(c2ccc(Nc3ncc(Cl)c(-c4c[nH]c5ccccc45)n3)cc2)CC1. The first-order chi connectivity index (χ1) is 15.0. The molecule has 3 heterocycles. The summed E-state index contributed by atoms with van der Waals surface area (Å²) in [4.78, 5) is 14.4. The van der Waals surface area contributed by atoms with Gasteiger partial charge in [0.2, 0.25) is 5.95 Å². The predicted octanol–water partition coefficient (Wildman–Crippen LogP) is 4.89. The van der Waals surface area contributed by atoms with Crippen LogP contribution in [0.3, 0.4) is 0 Å². The molecule has 1 aliphatic rings. The van der Waals surface area contributed by atoms with Gasteiger partial charge in [0, 0.05) is 68.4 Å². The molecule has 2 aromatic carbocycles. The van der Waals surface area contributed by atoms with Gasteiger partial charge in [-0.25, -0.2) is 14.2 Å². The molecule has 0 amide bonds. The Morgan fingerprint density at radius 1 is 1.10 bits per heavy atom. The molecule has 0 spiro atoms. The molecule has 0 unspecified atom stereocenters. The fraction of sp³-hybridized carbons (Fsp3) is 0.182. The summed E-state index contributed by atoms with van der Waals surface area (Å²) < 4.78 is 19.6. The molecule has 1 fully saturated rings. The Kier molecular flexibility index (Phi) is 5.03. The lowest BCUT2D eigenvalue weighted by Crippen LogP contribution is -2.39. The summed E-state index contributed by atoms with van der Waals surface area (Å²) in [5.41, 5.74) is 4.53. The number of halogens is 1. The highest BCUT2D eigenvalue weighted by Crippen LogP contribution is 2.32. The summed E-state index contributed by atoms with van der Waals surface area (Å²) in [6.45, 7) is 1.28. The number of nitrogens with one attached hydrogen (secondary N) is 3. The minimum atomic E-state index is -2.40. The van der Waals surface area contributed by atoms with Gasteiger partial charge in [-0.2, -0.15) is 0 Å². The molecule has 1 aliphatic heterocycles. The number of H-pyrrole nitrogens is 1. The minimum Gasteiger partial charge on any atom is -0.370 e. The van der Waals surface area contributed by atoms with Crippen molar-refractivity contribution >= 4 is 49.6 Å². The first-order valence-electron chi connectivity index (χ1n) is 9.94. The van der Waals surface area contributed by atoms with Gasteiger partial charge in [-0.05, 0) is 30.3 Å². The van der Waals surface area contributed by atoms with Crippen LogP contribution in [-0.2, 0) is 9.73 Å². The highest BCUT2D eigenvalue weighted by atomic mass is 35.5. The number of fused-ring (bicyclic) bond motifs is 1. The normalized spacial score (nSPS) is 15.8. The quantitative estimate of drug-likeness (QED) is 0.409. The highest BCUT2D eigenvalue weighted by molar-refractivity contribution is 7.92. The van der Waals surface area contributed by atoms with Crippen LogP contribution in [0.2, 0.25) is 5.02 Å². The average molecular weight is 453 g/mol. The van der Waals surface area contributed by atoms with E-state index in [9.17, 15) is 4.21 Å². The van der Waals surface area contributed by atoms with Crippen molar-refractivity contribution < 1.29 is 4.21 Å². The third-order valence-corrected chi connectivity index (χ3v) is 7.42. The number of hydrogen-bond acceptors (Lipinski definition) is 6. The van der Waals surface area contributed by atoms with Gasteiger partial charge < -0.3 is 15.2 Å². The maximum Gasteiger partial charge on any atom is 0.227 e. The second-order valence-electron chi connectivity index (χ2n) is 7.52. The Morgan fingerprint density at radius 2 is 1.84 bits per heavy atom. The number of anilines is 3. The number of rotatable bonds is 4. The predicted molar refractivity (Wildman–Crippen MR) is 127 cm³/mol. The van der Waals surface area contributed by atoms with Crippen molar-refractivity contribution in [1.29, 1.82) is 4.78 Å². The van der Waals surface area contributed by atoms with Gasteiger partial charge in [0.15, 0.2) is 0 Å². The van der Waals surface area contributed by atoms with Gasteiger partial charge in [0.05, 0.1) is 16.9 Å². The molecule has 0 radical (unpaired) electrons. The number of para-hydroxylation sites is 1. The molecule has 3 N–H and O–H groups in total. The van der Waals surface area contributed by atoms with E-state index >= 15 is 0 Å². The summed E-state index contributed by atoms with van der Waals surface area (Å²) in [5.74, 6) is 1.30. The first-order valence-corrected chi connectivity index (χ1v) is 12.2. The van der Waals surface area contributed by atoms with Gasteiger partial charge in [0.1, 0.15) is 0 Å². The van der Waals surface area contributed by atoms with E-state index in [1.54, 1.807) is 6.20 Å². The van der Waals surface area contributed by atoms with E-state index in [4.69, 9.17) is 16.4 Å². The number of benzene rings is 2. The Hall–Kier alpha value is -3.10. The molecular formula is C22H21ClN6OS. The van der Waals surface area contributed by atoms with Crippen LogP contribution < -0.4 is 10.2 Å². The molecule has 158 valence electrons. The Labute approximate surface area is 185 Å².